The van der Waals surface area contributed by atoms with E-state index in [1.54, 1.807) is 24.3 Å². The number of rotatable bonds is 7. The molecule has 4 nitrogen and oxygen atoms in total. The molecule has 0 aliphatic rings. The number of nitrogens with one attached hydrogen (secondary N) is 2. The van der Waals surface area contributed by atoms with Crippen LogP contribution in [0.1, 0.15) is 17.3 Å². The molecule has 2 N–H and O–H groups in total. The number of benzene rings is 2. The molecular formula is C18H19ClN2O2S. The van der Waals surface area contributed by atoms with Crippen molar-refractivity contribution >= 4 is 35.2 Å². The van der Waals surface area contributed by atoms with Gasteiger partial charge < -0.3 is 10.6 Å². The molecule has 2 amide bonds. The van der Waals surface area contributed by atoms with Gasteiger partial charge in [0, 0.05) is 28.6 Å². The highest BCUT2D eigenvalue weighted by Crippen LogP contribution is 2.24. The van der Waals surface area contributed by atoms with Crippen molar-refractivity contribution in [1.82, 2.24) is 10.6 Å². The molecule has 0 heterocycles. The zero-order valence-electron chi connectivity index (χ0n) is 13.3. The second-order valence-corrected chi connectivity index (χ2v) is 6.98. The van der Waals surface area contributed by atoms with Crippen LogP contribution in [-0.2, 0) is 4.79 Å². The van der Waals surface area contributed by atoms with Crippen LogP contribution in [0.2, 0.25) is 5.02 Å². The van der Waals surface area contributed by atoms with Gasteiger partial charge in [-0.3, -0.25) is 9.59 Å². The van der Waals surface area contributed by atoms with Gasteiger partial charge in [-0.1, -0.05) is 29.8 Å². The summed E-state index contributed by atoms with van der Waals surface area (Å²) < 4.78 is 0. The van der Waals surface area contributed by atoms with Crippen molar-refractivity contribution in [2.45, 2.75) is 17.1 Å². The third-order valence-corrected chi connectivity index (χ3v) is 4.61. The summed E-state index contributed by atoms with van der Waals surface area (Å²) >= 11 is 7.31. The predicted octanol–water partition coefficient (Wildman–Crippen LogP) is 3.37. The Balaban J connectivity index is 1.69. The van der Waals surface area contributed by atoms with Gasteiger partial charge in [0.25, 0.3) is 5.91 Å². The minimum Gasteiger partial charge on any atom is -0.353 e. The van der Waals surface area contributed by atoms with Crippen molar-refractivity contribution < 1.29 is 9.59 Å². The lowest BCUT2D eigenvalue weighted by Crippen LogP contribution is -2.37. The summed E-state index contributed by atoms with van der Waals surface area (Å²) in [7, 11) is 0. The topological polar surface area (TPSA) is 58.2 Å². The number of carbonyl (C=O) groups excluding carboxylic acids is 2. The molecule has 0 aliphatic carbocycles. The number of amides is 2. The standard InChI is InChI=1S/C18H19ClN2O2S/c1-13(24-16-9-7-15(19)8-10-16)17(22)20-11-12-21-18(23)14-5-3-2-4-6-14/h2-10,13H,11-12H2,1H3,(H,20,22)(H,21,23)/t13-/m1/s1. The largest absolute Gasteiger partial charge is 0.353 e. The van der Waals surface area contributed by atoms with Crippen LogP contribution in [0.25, 0.3) is 0 Å². The van der Waals surface area contributed by atoms with E-state index in [0.29, 0.717) is 23.7 Å². The van der Waals surface area contributed by atoms with Gasteiger partial charge in [-0.25, -0.2) is 0 Å². The van der Waals surface area contributed by atoms with Crippen molar-refractivity contribution in [3.8, 4) is 0 Å². The lowest BCUT2D eigenvalue weighted by Gasteiger charge is -2.12. The number of halogens is 1. The number of hydrogen-bond donors (Lipinski definition) is 2. The van der Waals surface area contributed by atoms with Gasteiger partial charge in [0.2, 0.25) is 5.91 Å². The molecule has 0 bridgehead atoms. The molecule has 2 rings (SSSR count). The van der Waals surface area contributed by atoms with Gasteiger partial charge in [0.15, 0.2) is 0 Å². The quantitative estimate of drug-likeness (QED) is 0.586. The van der Waals surface area contributed by atoms with E-state index in [2.05, 4.69) is 10.6 Å². The molecule has 0 aliphatic heterocycles. The Morgan fingerprint density at radius 1 is 1.00 bits per heavy atom. The van der Waals surface area contributed by atoms with Crippen LogP contribution in [0.5, 0.6) is 0 Å². The Hall–Kier alpha value is -1.98. The molecule has 0 saturated carbocycles. The fraction of sp³-hybridized carbons (Fsp3) is 0.222. The molecule has 0 spiro atoms. The van der Waals surface area contributed by atoms with Crippen LogP contribution in [0, 0.1) is 0 Å². The summed E-state index contributed by atoms with van der Waals surface area (Å²) in [5, 5.41) is 6.04. The first-order valence-corrected chi connectivity index (χ1v) is 8.85. The highest BCUT2D eigenvalue weighted by atomic mass is 35.5. The minimum atomic E-state index is -0.226. The van der Waals surface area contributed by atoms with Gasteiger partial charge in [0.1, 0.15) is 0 Å². The first kappa shape index (κ1) is 18.4. The third kappa shape index (κ3) is 5.91. The summed E-state index contributed by atoms with van der Waals surface area (Å²) in [4.78, 5) is 24.9. The van der Waals surface area contributed by atoms with Gasteiger partial charge >= 0.3 is 0 Å². The molecule has 126 valence electrons. The fourth-order valence-corrected chi connectivity index (χ4v) is 2.99. The maximum atomic E-state index is 12.1. The average Bonchev–Trinajstić information content (AvgIpc) is 2.61. The van der Waals surface area contributed by atoms with Gasteiger partial charge in [0.05, 0.1) is 5.25 Å². The van der Waals surface area contributed by atoms with E-state index in [0.717, 1.165) is 4.90 Å². The highest BCUT2D eigenvalue weighted by Gasteiger charge is 2.13. The van der Waals surface area contributed by atoms with E-state index in [1.165, 1.54) is 11.8 Å². The van der Waals surface area contributed by atoms with Crippen LogP contribution in [0.15, 0.2) is 59.5 Å². The third-order valence-electron chi connectivity index (χ3n) is 3.24. The monoisotopic (exact) mass is 362 g/mol. The van der Waals surface area contributed by atoms with Crippen LogP contribution in [-0.4, -0.2) is 30.2 Å². The molecular weight excluding hydrogens is 344 g/mol. The van der Waals surface area contributed by atoms with Gasteiger partial charge in [-0.15, -0.1) is 11.8 Å². The molecule has 0 fully saturated rings. The number of hydrogen-bond acceptors (Lipinski definition) is 3. The summed E-state index contributed by atoms with van der Waals surface area (Å²) in [5.41, 5.74) is 0.607. The predicted molar refractivity (Wildman–Crippen MR) is 98.6 cm³/mol. The van der Waals surface area contributed by atoms with Crippen molar-refractivity contribution in [3.63, 3.8) is 0 Å². The molecule has 0 unspecified atom stereocenters. The first-order valence-electron chi connectivity index (χ1n) is 7.59. The van der Waals surface area contributed by atoms with Crippen LogP contribution < -0.4 is 10.6 Å². The fourth-order valence-electron chi connectivity index (χ4n) is 1.97. The zero-order chi connectivity index (χ0) is 17.4. The summed E-state index contributed by atoms with van der Waals surface area (Å²) in [6.45, 7) is 2.62. The average molecular weight is 363 g/mol. The summed E-state index contributed by atoms with van der Waals surface area (Å²) in [6.07, 6.45) is 0. The van der Waals surface area contributed by atoms with Crippen molar-refractivity contribution in [3.05, 3.63) is 65.2 Å². The second-order valence-electron chi connectivity index (χ2n) is 5.13. The number of thioether (sulfide) groups is 1. The highest BCUT2D eigenvalue weighted by molar-refractivity contribution is 8.00. The normalized spacial score (nSPS) is 11.6. The SMILES string of the molecule is C[C@@H](Sc1ccc(Cl)cc1)C(=O)NCCNC(=O)c1ccccc1. The van der Waals surface area contributed by atoms with Crippen molar-refractivity contribution in [1.29, 1.82) is 0 Å². The molecule has 24 heavy (non-hydrogen) atoms. The van der Waals surface area contributed by atoms with E-state index in [9.17, 15) is 9.59 Å². The molecule has 1 atom stereocenters. The minimum absolute atomic E-state index is 0.0658. The van der Waals surface area contributed by atoms with Crippen LogP contribution in [0.3, 0.4) is 0 Å². The molecule has 2 aromatic rings. The summed E-state index contributed by atoms with van der Waals surface area (Å²) in [6, 6.07) is 16.3. The van der Waals surface area contributed by atoms with Gasteiger partial charge in [-0.2, -0.15) is 0 Å². The van der Waals surface area contributed by atoms with E-state index >= 15 is 0 Å². The Morgan fingerprint density at radius 3 is 2.29 bits per heavy atom. The Bertz CT molecular complexity index is 677. The van der Waals surface area contributed by atoms with Crippen LogP contribution >= 0.6 is 23.4 Å². The Kier molecular flexibility index (Phi) is 7.15. The molecule has 2 aromatic carbocycles. The lowest BCUT2D eigenvalue weighted by atomic mass is 10.2. The smallest absolute Gasteiger partial charge is 0.251 e. The molecule has 0 aromatic heterocycles. The Morgan fingerprint density at radius 2 is 1.62 bits per heavy atom. The number of carbonyl (C=O) groups is 2. The second kappa shape index (κ2) is 9.35. The first-order chi connectivity index (χ1) is 11.6. The maximum absolute atomic E-state index is 12.1. The van der Waals surface area contributed by atoms with Crippen molar-refractivity contribution in [2.75, 3.05) is 13.1 Å². The van der Waals surface area contributed by atoms with E-state index in [4.69, 9.17) is 11.6 Å². The van der Waals surface area contributed by atoms with Crippen LogP contribution in [0.4, 0.5) is 0 Å². The van der Waals surface area contributed by atoms with E-state index in [-0.39, 0.29) is 17.1 Å². The maximum Gasteiger partial charge on any atom is 0.251 e. The molecule has 6 heteroatoms. The summed E-state index contributed by atoms with van der Waals surface area (Å²) in [5.74, 6) is -0.211. The lowest BCUT2D eigenvalue weighted by molar-refractivity contribution is -0.120. The van der Waals surface area contributed by atoms with E-state index in [1.807, 2.05) is 37.3 Å². The Labute approximate surface area is 151 Å². The molecule has 0 radical (unpaired) electrons. The van der Waals surface area contributed by atoms with E-state index < -0.39 is 0 Å². The zero-order valence-corrected chi connectivity index (χ0v) is 14.9. The van der Waals surface area contributed by atoms with Crippen molar-refractivity contribution in [2.24, 2.45) is 0 Å². The van der Waals surface area contributed by atoms with Gasteiger partial charge in [-0.05, 0) is 43.3 Å². The molecule has 0 saturated heterocycles.